The van der Waals surface area contributed by atoms with E-state index in [0.29, 0.717) is 18.4 Å². The van der Waals surface area contributed by atoms with Gasteiger partial charge in [-0.05, 0) is 49.3 Å². The topological polar surface area (TPSA) is 33.2 Å². The van der Waals surface area contributed by atoms with Crippen molar-refractivity contribution < 1.29 is 4.79 Å². The number of carbonyl (C=O) groups is 1. The summed E-state index contributed by atoms with van der Waals surface area (Å²) in [5.41, 5.74) is 2.50. The second kappa shape index (κ2) is 7.91. The van der Waals surface area contributed by atoms with Gasteiger partial charge in [0, 0.05) is 31.4 Å². The second-order valence-electron chi connectivity index (χ2n) is 6.27. The summed E-state index contributed by atoms with van der Waals surface area (Å²) in [6.45, 7) is 0.922. The van der Waals surface area contributed by atoms with Crippen molar-refractivity contribution in [1.29, 1.82) is 0 Å². The van der Waals surface area contributed by atoms with Crippen LogP contribution in [0.5, 0.6) is 0 Å². The molecule has 2 heterocycles. The van der Waals surface area contributed by atoms with Crippen LogP contribution < -0.4 is 0 Å². The number of carbonyl (C=O) groups excluding carboxylic acids is 1. The van der Waals surface area contributed by atoms with E-state index in [1.807, 2.05) is 24.4 Å². The first-order valence-electron chi connectivity index (χ1n) is 8.55. The van der Waals surface area contributed by atoms with Crippen LogP contribution in [0.4, 0.5) is 0 Å². The van der Waals surface area contributed by atoms with Gasteiger partial charge in [0.25, 0.3) is 0 Å². The van der Waals surface area contributed by atoms with Gasteiger partial charge in [0.1, 0.15) is 0 Å². The molecular weight excluding hydrogens is 284 g/mol. The minimum atomic E-state index is 0.296. The molecule has 1 fully saturated rings. The first-order chi connectivity index (χ1) is 11.3. The van der Waals surface area contributed by atoms with Gasteiger partial charge in [0.05, 0.1) is 0 Å². The summed E-state index contributed by atoms with van der Waals surface area (Å²) < 4.78 is 0. The van der Waals surface area contributed by atoms with Gasteiger partial charge in [-0.3, -0.25) is 9.78 Å². The molecule has 0 aliphatic carbocycles. The maximum Gasteiger partial charge on any atom is 0.223 e. The molecule has 0 bridgehead atoms. The number of hydrogen-bond acceptors (Lipinski definition) is 2. The van der Waals surface area contributed by atoms with Crippen LogP contribution in [-0.2, 0) is 17.6 Å². The molecule has 3 rings (SSSR count). The summed E-state index contributed by atoms with van der Waals surface area (Å²) in [6, 6.07) is 14.9. The average Bonchev–Trinajstić information content (AvgIpc) is 3.08. The predicted octanol–water partition coefficient (Wildman–Crippen LogP) is 3.64. The highest BCUT2D eigenvalue weighted by atomic mass is 16.2. The van der Waals surface area contributed by atoms with E-state index < -0.39 is 0 Å². The first-order valence-corrected chi connectivity index (χ1v) is 8.55. The highest BCUT2D eigenvalue weighted by Gasteiger charge is 2.27. The third-order valence-electron chi connectivity index (χ3n) is 4.66. The zero-order chi connectivity index (χ0) is 15.9. The molecule has 1 saturated heterocycles. The SMILES string of the molecule is O=C(CCc1cccnc1)N1CCCC1CCc1ccccc1. The lowest BCUT2D eigenvalue weighted by Crippen LogP contribution is -2.35. The maximum atomic E-state index is 12.5. The molecule has 1 aromatic heterocycles. The zero-order valence-electron chi connectivity index (χ0n) is 13.5. The summed E-state index contributed by atoms with van der Waals surface area (Å²) in [7, 11) is 0. The van der Waals surface area contributed by atoms with Crippen molar-refractivity contribution in [2.24, 2.45) is 0 Å². The Labute approximate surface area is 138 Å². The Bertz CT molecular complexity index is 612. The van der Waals surface area contributed by atoms with E-state index in [4.69, 9.17) is 0 Å². The molecule has 1 atom stereocenters. The van der Waals surface area contributed by atoms with Gasteiger partial charge in [0.2, 0.25) is 5.91 Å². The fraction of sp³-hybridized carbons (Fsp3) is 0.400. The van der Waals surface area contributed by atoms with Crippen molar-refractivity contribution in [2.75, 3.05) is 6.54 Å². The monoisotopic (exact) mass is 308 g/mol. The Morgan fingerprint density at radius 3 is 2.70 bits per heavy atom. The number of aryl methyl sites for hydroxylation is 2. The largest absolute Gasteiger partial charge is 0.340 e. The second-order valence-corrected chi connectivity index (χ2v) is 6.27. The first kappa shape index (κ1) is 15.7. The number of nitrogens with zero attached hydrogens (tertiary/aromatic N) is 2. The molecule has 1 aliphatic rings. The van der Waals surface area contributed by atoms with E-state index >= 15 is 0 Å². The Morgan fingerprint density at radius 2 is 1.91 bits per heavy atom. The highest BCUT2D eigenvalue weighted by molar-refractivity contribution is 5.77. The Hall–Kier alpha value is -2.16. The minimum Gasteiger partial charge on any atom is -0.340 e. The van der Waals surface area contributed by atoms with Crippen LogP contribution in [0.25, 0.3) is 0 Å². The van der Waals surface area contributed by atoms with Gasteiger partial charge < -0.3 is 4.90 Å². The fourth-order valence-electron chi connectivity index (χ4n) is 3.38. The smallest absolute Gasteiger partial charge is 0.223 e. The van der Waals surface area contributed by atoms with E-state index in [9.17, 15) is 4.79 Å². The van der Waals surface area contributed by atoms with Gasteiger partial charge in [-0.15, -0.1) is 0 Å². The fourth-order valence-corrected chi connectivity index (χ4v) is 3.38. The standard InChI is InChI=1S/C20H24N2O/c23-20(13-11-18-8-4-14-21-16-18)22-15-5-9-19(22)12-10-17-6-2-1-3-7-17/h1-4,6-8,14,16,19H,5,9-13,15H2. The lowest BCUT2D eigenvalue weighted by atomic mass is 10.0. The van der Waals surface area contributed by atoms with Gasteiger partial charge in [-0.2, -0.15) is 0 Å². The summed E-state index contributed by atoms with van der Waals surface area (Å²) in [5, 5.41) is 0. The number of aromatic nitrogens is 1. The minimum absolute atomic E-state index is 0.296. The molecule has 0 N–H and O–H groups in total. The third kappa shape index (κ3) is 4.41. The maximum absolute atomic E-state index is 12.5. The molecule has 1 unspecified atom stereocenters. The molecule has 120 valence electrons. The quantitative estimate of drug-likeness (QED) is 0.816. The molecule has 1 aromatic carbocycles. The molecule has 3 heteroatoms. The lowest BCUT2D eigenvalue weighted by molar-refractivity contribution is -0.132. The number of rotatable bonds is 6. The summed E-state index contributed by atoms with van der Waals surface area (Å²) >= 11 is 0. The van der Waals surface area contributed by atoms with Crippen molar-refractivity contribution in [3.63, 3.8) is 0 Å². The van der Waals surface area contributed by atoms with Gasteiger partial charge in [-0.25, -0.2) is 0 Å². The number of pyridine rings is 1. The van der Waals surface area contributed by atoms with Crippen molar-refractivity contribution in [1.82, 2.24) is 9.88 Å². The van der Waals surface area contributed by atoms with Crippen molar-refractivity contribution in [3.8, 4) is 0 Å². The Balaban J connectivity index is 1.50. The van der Waals surface area contributed by atoms with Crippen LogP contribution in [-0.4, -0.2) is 28.4 Å². The molecule has 1 aliphatic heterocycles. The number of benzene rings is 1. The summed E-state index contributed by atoms with van der Waals surface area (Å²) in [5.74, 6) is 0.296. The molecule has 23 heavy (non-hydrogen) atoms. The van der Waals surface area contributed by atoms with Crippen molar-refractivity contribution in [2.45, 2.75) is 44.6 Å². The Morgan fingerprint density at radius 1 is 1.09 bits per heavy atom. The molecule has 0 saturated carbocycles. The molecule has 2 aromatic rings. The van der Waals surface area contributed by atoms with Crippen LogP contribution in [0.2, 0.25) is 0 Å². The van der Waals surface area contributed by atoms with Crippen LogP contribution in [0.15, 0.2) is 54.9 Å². The predicted molar refractivity (Wildman–Crippen MR) is 92.1 cm³/mol. The molecule has 1 amide bonds. The van der Waals surface area contributed by atoms with E-state index in [2.05, 4.69) is 34.1 Å². The van der Waals surface area contributed by atoms with Crippen LogP contribution >= 0.6 is 0 Å². The molecular formula is C20H24N2O. The summed E-state index contributed by atoms with van der Waals surface area (Å²) in [6.07, 6.45) is 9.40. The highest BCUT2D eigenvalue weighted by Crippen LogP contribution is 2.23. The normalized spacial score (nSPS) is 17.4. The number of hydrogen-bond donors (Lipinski definition) is 0. The number of likely N-dealkylation sites (tertiary alicyclic amines) is 1. The average molecular weight is 308 g/mol. The van der Waals surface area contributed by atoms with E-state index in [1.165, 1.54) is 5.56 Å². The lowest BCUT2D eigenvalue weighted by Gasteiger charge is -2.25. The van der Waals surface area contributed by atoms with Gasteiger partial charge in [-0.1, -0.05) is 36.4 Å². The van der Waals surface area contributed by atoms with E-state index in [1.54, 1.807) is 6.20 Å². The number of amides is 1. The molecule has 0 radical (unpaired) electrons. The van der Waals surface area contributed by atoms with Crippen LogP contribution in [0.1, 0.15) is 36.8 Å². The van der Waals surface area contributed by atoms with Crippen LogP contribution in [0.3, 0.4) is 0 Å². The molecule has 3 nitrogen and oxygen atoms in total. The van der Waals surface area contributed by atoms with Crippen LogP contribution in [0, 0.1) is 0 Å². The zero-order valence-corrected chi connectivity index (χ0v) is 13.5. The van der Waals surface area contributed by atoms with Crippen molar-refractivity contribution in [3.05, 3.63) is 66.0 Å². The van der Waals surface area contributed by atoms with Gasteiger partial charge in [0.15, 0.2) is 0 Å². The van der Waals surface area contributed by atoms with E-state index in [-0.39, 0.29) is 0 Å². The molecule has 0 spiro atoms. The van der Waals surface area contributed by atoms with Crippen molar-refractivity contribution >= 4 is 5.91 Å². The third-order valence-corrected chi connectivity index (χ3v) is 4.66. The summed E-state index contributed by atoms with van der Waals surface area (Å²) in [4.78, 5) is 18.8. The van der Waals surface area contributed by atoms with Gasteiger partial charge >= 0.3 is 0 Å². The van der Waals surface area contributed by atoms with E-state index in [0.717, 1.165) is 44.2 Å². The Kier molecular flexibility index (Phi) is 5.41.